The number of nitrogens with zero attached hydrogens (tertiary/aromatic N) is 4. The molecule has 2 heterocycles. The van der Waals surface area contributed by atoms with Gasteiger partial charge in [0.2, 0.25) is 0 Å². The molecule has 0 aliphatic carbocycles. The fraction of sp³-hybridized carbons (Fsp3) is 0.576. The number of rotatable bonds is 14. The van der Waals surface area contributed by atoms with Crippen molar-refractivity contribution in [1.29, 1.82) is 0 Å². The quantitative estimate of drug-likeness (QED) is 0.193. The zero-order valence-electron chi connectivity index (χ0n) is 24.6. The Morgan fingerprint density at radius 2 is 1.62 bits per heavy atom. The lowest BCUT2D eigenvalue weighted by Crippen LogP contribution is -2.34. The van der Waals surface area contributed by atoms with E-state index < -0.39 is 0 Å². The Morgan fingerprint density at radius 3 is 2.28 bits per heavy atom. The number of thioether (sulfide) groups is 1. The minimum absolute atomic E-state index is 0.152. The van der Waals surface area contributed by atoms with Gasteiger partial charge in [-0.05, 0) is 93.9 Å². The fourth-order valence-corrected chi connectivity index (χ4v) is 6.16. The van der Waals surface area contributed by atoms with E-state index in [1.54, 1.807) is 0 Å². The molecule has 0 radical (unpaired) electrons. The van der Waals surface area contributed by atoms with Crippen LogP contribution in [0.5, 0.6) is 0 Å². The van der Waals surface area contributed by atoms with Crippen molar-refractivity contribution < 1.29 is 4.79 Å². The Kier molecular flexibility index (Phi) is 11.3. The van der Waals surface area contributed by atoms with Crippen molar-refractivity contribution in [2.75, 3.05) is 32.7 Å². The number of likely N-dealkylation sites (tertiary alicyclic amines) is 1. The average Bonchev–Trinajstić information content (AvgIpc) is 3.29. The van der Waals surface area contributed by atoms with Crippen LogP contribution in [0.2, 0.25) is 0 Å². The molecule has 0 atom stereocenters. The van der Waals surface area contributed by atoms with Crippen molar-refractivity contribution in [3.63, 3.8) is 0 Å². The zero-order chi connectivity index (χ0) is 27.6. The molecule has 0 spiro atoms. The molecule has 3 aromatic rings. The lowest BCUT2D eigenvalue weighted by atomic mass is 10.1. The zero-order valence-corrected chi connectivity index (χ0v) is 25.4. The van der Waals surface area contributed by atoms with E-state index in [4.69, 9.17) is 4.98 Å². The molecule has 1 amide bonds. The third kappa shape index (κ3) is 8.84. The van der Waals surface area contributed by atoms with Crippen molar-refractivity contribution in [2.24, 2.45) is 11.8 Å². The second-order valence-electron chi connectivity index (χ2n) is 11.9. The molecule has 0 bridgehead atoms. The van der Waals surface area contributed by atoms with Crippen LogP contribution in [0.25, 0.3) is 11.0 Å². The monoisotopic (exact) mass is 548 g/mol. The molecule has 1 aliphatic rings. The summed E-state index contributed by atoms with van der Waals surface area (Å²) in [5.74, 6) is 3.22. The number of carbonyl (C=O) groups is 1. The van der Waals surface area contributed by atoms with Crippen molar-refractivity contribution in [3.8, 4) is 0 Å². The lowest BCUT2D eigenvalue weighted by molar-refractivity contribution is 0.0741. The molecule has 0 saturated carbocycles. The molecule has 0 N–H and O–H groups in total. The molecule has 6 heteroatoms. The van der Waals surface area contributed by atoms with Crippen LogP contribution in [-0.4, -0.2) is 58.0 Å². The van der Waals surface area contributed by atoms with E-state index in [1.807, 2.05) is 17.8 Å². The average molecular weight is 549 g/mol. The predicted molar refractivity (Wildman–Crippen MR) is 165 cm³/mol. The lowest BCUT2D eigenvalue weighted by Gasteiger charge is -2.26. The maximum absolute atomic E-state index is 13.7. The van der Waals surface area contributed by atoms with Crippen LogP contribution < -0.4 is 0 Å². The number of piperidine rings is 1. The maximum atomic E-state index is 13.7. The number of carbonyl (C=O) groups excluding carboxylic acids is 1. The number of amides is 1. The molecule has 2 aromatic carbocycles. The van der Waals surface area contributed by atoms with E-state index in [9.17, 15) is 4.79 Å². The van der Waals surface area contributed by atoms with Crippen LogP contribution in [0.4, 0.5) is 0 Å². The summed E-state index contributed by atoms with van der Waals surface area (Å²) in [6, 6.07) is 16.7. The first-order valence-corrected chi connectivity index (χ1v) is 16.1. The molecule has 1 saturated heterocycles. The van der Waals surface area contributed by atoms with Gasteiger partial charge in [-0.15, -0.1) is 11.8 Å². The van der Waals surface area contributed by atoms with Crippen LogP contribution in [0.15, 0.2) is 53.4 Å². The van der Waals surface area contributed by atoms with Gasteiger partial charge in [0.25, 0.3) is 5.91 Å². The van der Waals surface area contributed by atoms with E-state index in [1.165, 1.54) is 37.2 Å². The summed E-state index contributed by atoms with van der Waals surface area (Å²) in [6.45, 7) is 15.1. The Labute approximate surface area is 240 Å². The molecule has 39 heavy (non-hydrogen) atoms. The number of benzene rings is 2. The number of imidazole rings is 1. The van der Waals surface area contributed by atoms with Crippen LogP contribution in [0, 0.1) is 11.8 Å². The molecular weight excluding hydrogens is 500 g/mol. The maximum Gasteiger partial charge on any atom is 0.253 e. The van der Waals surface area contributed by atoms with E-state index >= 15 is 0 Å². The third-order valence-corrected chi connectivity index (χ3v) is 8.74. The SMILES string of the molecule is CC(C)CCN(CCC(C)C)C(=O)c1ccc2nc(CSc3ccccc3)n(CCCN3CCCCC3)c2c1. The molecule has 1 fully saturated rings. The Bertz CT molecular complexity index is 1160. The summed E-state index contributed by atoms with van der Waals surface area (Å²) in [5.41, 5.74) is 2.87. The molecule has 1 aliphatic heterocycles. The largest absolute Gasteiger partial charge is 0.339 e. The Balaban J connectivity index is 1.57. The Morgan fingerprint density at radius 1 is 0.923 bits per heavy atom. The van der Waals surface area contributed by atoms with Crippen LogP contribution in [-0.2, 0) is 12.3 Å². The van der Waals surface area contributed by atoms with Gasteiger partial charge in [0, 0.05) is 30.1 Å². The predicted octanol–water partition coefficient (Wildman–Crippen LogP) is 7.74. The summed E-state index contributed by atoms with van der Waals surface area (Å²) in [7, 11) is 0. The van der Waals surface area contributed by atoms with Gasteiger partial charge < -0.3 is 14.4 Å². The van der Waals surface area contributed by atoms with Gasteiger partial charge in [-0.2, -0.15) is 0 Å². The second-order valence-corrected chi connectivity index (χ2v) is 12.9. The van der Waals surface area contributed by atoms with Gasteiger partial charge in [0.15, 0.2) is 0 Å². The molecule has 4 rings (SSSR count). The number of aromatic nitrogens is 2. The van der Waals surface area contributed by atoms with Crippen LogP contribution >= 0.6 is 11.8 Å². The molecular formula is C33H48N4OS. The van der Waals surface area contributed by atoms with Gasteiger partial charge in [-0.3, -0.25) is 4.79 Å². The molecule has 5 nitrogen and oxygen atoms in total. The van der Waals surface area contributed by atoms with Gasteiger partial charge in [0.1, 0.15) is 5.82 Å². The van der Waals surface area contributed by atoms with E-state index in [2.05, 4.69) is 84.5 Å². The summed E-state index contributed by atoms with van der Waals surface area (Å²) >= 11 is 1.83. The van der Waals surface area contributed by atoms with E-state index in [0.717, 1.165) is 73.6 Å². The number of aryl methyl sites for hydroxylation is 1. The Hall–Kier alpha value is -2.31. The highest BCUT2D eigenvalue weighted by Gasteiger charge is 2.20. The molecule has 0 unspecified atom stereocenters. The molecule has 212 valence electrons. The van der Waals surface area contributed by atoms with Gasteiger partial charge in [-0.25, -0.2) is 4.98 Å². The second kappa shape index (κ2) is 14.9. The first-order chi connectivity index (χ1) is 18.9. The molecule has 1 aromatic heterocycles. The first kappa shape index (κ1) is 29.7. The van der Waals surface area contributed by atoms with Gasteiger partial charge in [-0.1, -0.05) is 52.3 Å². The highest BCUT2D eigenvalue weighted by molar-refractivity contribution is 7.98. The van der Waals surface area contributed by atoms with Crippen LogP contribution in [0.1, 0.15) is 82.4 Å². The summed E-state index contributed by atoms with van der Waals surface area (Å²) in [4.78, 5) is 24.7. The fourth-order valence-electron chi connectivity index (χ4n) is 5.29. The minimum atomic E-state index is 0.152. The summed E-state index contributed by atoms with van der Waals surface area (Å²) in [5, 5.41) is 0. The standard InChI is InChI=1S/C33H48N4OS/c1-26(2)16-22-36(23-17-27(3)4)33(38)28-14-15-30-31(24-28)37(21-11-20-35-18-9-6-10-19-35)32(34-30)25-39-29-12-7-5-8-13-29/h5,7-8,12-15,24,26-27H,6,9-11,16-23,25H2,1-4H3. The summed E-state index contributed by atoms with van der Waals surface area (Å²) < 4.78 is 2.39. The van der Waals surface area contributed by atoms with Gasteiger partial charge >= 0.3 is 0 Å². The van der Waals surface area contributed by atoms with Crippen LogP contribution in [0.3, 0.4) is 0 Å². The topological polar surface area (TPSA) is 41.4 Å². The van der Waals surface area contributed by atoms with Gasteiger partial charge in [0.05, 0.1) is 16.8 Å². The van der Waals surface area contributed by atoms with Crippen molar-refractivity contribution in [2.45, 2.75) is 83.4 Å². The highest BCUT2D eigenvalue weighted by Crippen LogP contribution is 2.26. The smallest absolute Gasteiger partial charge is 0.253 e. The van der Waals surface area contributed by atoms with E-state index in [0.29, 0.717) is 11.8 Å². The highest BCUT2D eigenvalue weighted by atomic mass is 32.2. The van der Waals surface area contributed by atoms with E-state index in [-0.39, 0.29) is 5.91 Å². The van der Waals surface area contributed by atoms with Crippen molar-refractivity contribution in [3.05, 3.63) is 59.9 Å². The summed E-state index contributed by atoms with van der Waals surface area (Å²) in [6.07, 6.45) is 7.17. The normalized spacial score (nSPS) is 14.5. The van der Waals surface area contributed by atoms with Crippen molar-refractivity contribution >= 4 is 28.7 Å². The first-order valence-electron chi connectivity index (χ1n) is 15.1. The third-order valence-electron chi connectivity index (χ3n) is 7.73. The number of hydrogen-bond donors (Lipinski definition) is 0. The van der Waals surface area contributed by atoms with Crippen molar-refractivity contribution in [1.82, 2.24) is 19.4 Å². The number of hydrogen-bond acceptors (Lipinski definition) is 4. The minimum Gasteiger partial charge on any atom is -0.339 e. The number of fused-ring (bicyclic) bond motifs is 1.